The van der Waals surface area contributed by atoms with Gasteiger partial charge in [-0.2, -0.15) is 35.3 Å². The lowest BCUT2D eigenvalue weighted by atomic mass is 9.48. The zero-order chi connectivity index (χ0) is 99.0. The number of alkyl halides is 3. The molecule has 20 fully saturated rings. The summed E-state index contributed by atoms with van der Waals surface area (Å²) in [4.78, 5) is 46.6. The Morgan fingerprint density at radius 3 is 0.971 bits per heavy atom. The molecule has 0 radical (unpaired) electrons. The summed E-state index contributed by atoms with van der Waals surface area (Å²) in [5, 5.41) is 55.9. The number of Topliss-reactive ketones (excluding diaryl/α,β-unsaturated/α-hetero) is 3. The van der Waals surface area contributed by atoms with E-state index >= 15 is 0 Å². The van der Waals surface area contributed by atoms with Gasteiger partial charge in [-0.25, -0.2) is 23.1 Å². The van der Waals surface area contributed by atoms with Gasteiger partial charge >= 0.3 is 0 Å². The quantitative estimate of drug-likeness (QED) is 0.0582. The molecule has 0 saturated heterocycles. The van der Waals surface area contributed by atoms with Gasteiger partial charge in [-0.1, -0.05) is 64.8 Å². The van der Waals surface area contributed by atoms with Gasteiger partial charge in [-0.3, -0.25) is 14.4 Å². The van der Waals surface area contributed by atoms with Crippen LogP contribution in [0.4, 0.5) is 13.2 Å². The molecule has 14 nitrogen and oxygen atoms in total. The van der Waals surface area contributed by atoms with E-state index in [1.807, 2.05) is 43.8 Å². The highest BCUT2D eigenvalue weighted by atomic mass is 35.5. The molecule has 0 unspecified atom stereocenters. The number of fused-ring (bicyclic) bond motifs is 25. The molecular weight excluding hydrogens is 1830 g/mol. The zero-order valence-corrected chi connectivity index (χ0v) is 90.8. The molecule has 0 spiro atoms. The number of halogens is 4. The summed E-state index contributed by atoms with van der Waals surface area (Å²) < 4.78 is 55.0. The molecule has 2 heterocycles. The molecule has 0 aromatic carbocycles. The molecule has 140 heavy (non-hydrogen) atoms. The number of hydrogen-bond acceptors (Lipinski definition) is 15. The van der Waals surface area contributed by atoms with Crippen LogP contribution in [0.3, 0.4) is 0 Å². The fraction of sp³-hybridized carbons (Fsp3) is 0.874. The minimum absolute atomic E-state index is 0.152. The Bertz CT molecular complexity index is 4630. The largest absolute Gasteiger partial charge is 0.387 e. The first-order valence-corrected chi connectivity index (χ1v) is 61.4. The third kappa shape index (κ3) is 20.6. The van der Waals surface area contributed by atoms with Gasteiger partial charge in [-0.15, -0.1) is 0 Å². The van der Waals surface area contributed by atoms with Crippen molar-refractivity contribution in [1.29, 1.82) is 0 Å². The maximum atomic E-state index is 13.4. The van der Waals surface area contributed by atoms with Crippen LogP contribution in [0.25, 0.3) is 0 Å². The Hall–Kier alpha value is -2.68. The van der Waals surface area contributed by atoms with E-state index in [0.717, 1.165) is 211 Å². The van der Waals surface area contributed by atoms with Crippen LogP contribution in [0.1, 0.15) is 324 Å². The first kappa shape index (κ1) is 107. The topological polar surface area (TPSA) is 206 Å². The van der Waals surface area contributed by atoms with Gasteiger partial charge in [0.15, 0.2) is 0 Å². The van der Waals surface area contributed by atoms with Crippen LogP contribution in [0, 0.1) is 216 Å². The summed E-state index contributed by atoms with van der Waals surface area (Å²) in [5.41, 5.74) is -0.548. The summed E-state index contributed by atoms with van der Waals surface area (Å²) in [6.45, 7) is 23.7. The number of ketones is 3. The Labute approximate surface area is 858 Å². The second-order valence-electron chi connectivity index (χ2n) is 53.1. The normalized spacial score (nSPS) is 47.8. The van der Waals surface area contributed by atoms with Crippen LogP contribution >= 0.6 is 46.9 Å². The Kier molecular flexibility index (Phi) is 33.4. The Morgan fingerprint density at radius 2 is 0.671 bits per heavy atom. The van der Waals surface area contributed by atoms with Gasteiger partial charge in [0.25, 0.3) is 6.43 Å². The van der Waals surface area contributed by atoms with Gasteiger partial charge in [0.1, 0.15) is 35.2 Å². The number of carbonyl (C=O) groups excluding carboxylic acids is 3. The van der Waals surface area contributed by atoms with E-state index in [-0.39, 0.29) is 40.9 Å². The minimum Gasteiger partial charge on any atom is -0.387 e. The molecule has 784 valence electrons. The summed E-state index contributed by atoms with van der Waals surface area (Å²) in [6.07, 6.45) is 64.9. The molecule has 0 amide bonds. The van der Waals surface area contributed by atoms with Crippen molar-refractivity contribution in [2.75, 3.05) is 70.1 Å². The second-order valence-corrected chi connectivity index (χ2v) is 55.9. The lowest BCUT2D eigenvalue weighted by molar-refractivity contribution is -0.160. The van der Waals surface area contributed by atoms with Crippen molar-refractivity contribution in [3.8, 4) is 11.3 Å². The van der Waals surface area contributed by atoms with Crippen LogP contribution in [0.15, 0.2) is 61.7 Å². The molecule has 2 aromatic heterocycles. The van der Waals surface area contributed by atoms with E-state index in [1.165, 1.54) is 172 Å². The highest BCUT2D eigenvalue weighted by Gasteiger charge is 2.66. The van der Waals surface area contributed by atoms with Crippen molar-refractivity contribution in [1.82, 2.24) is 19.1 Å². The number of methoxy groups -OCH3 is 2. The Morgan fingerprint density at radius 1 is 0.386 bits per heavy atom. The fourth-order valence-electron chi connectivity index (χ4n) is 41.1. The molecule has 40 atom stereocenters. The lowest BCUT2D eigenvalue weighted by Crippen LogP contribution is -2.53. The summed E-state index contributed by atoms with van der Waals surface area (Å²) >= 11 is 10.6. The summed E-state index contributed by atoms with van der Waals surface area (Å²) in [5.74, 6) is 26.6. The van der Waals surface area contributed by atoms with E-state index in [4.69, 9.17) is 21.1 Å². The van der Waals surface area contributed by atoms with E-state index in [1.54, 1.807) is 49.5 Å². The molecule has 0 aliphatic heterocycles. The van der Waals surface area contributed by atoms with E-state index in [0.29, 0.717) is 143 Å². The summed E-state index contributed by atoms with van der Waals surface area (Å²) in [6, 6.07) is 0. The van der Waals surface area contributed by atoms with E-state index < -0.39 is 41.1 Å². The molecule has 21 heteroatoms. The van der Waals surface area contributed by atoms with Crippen LogP contribution in [0.5, 0.6) is 0 Å². The molecule has 20 aliphatic carbocycles. The third-order valence-electron chi connectivity index (χ3n) is 47.0. The lowest BCUT2D eigenvalue weighted by Gasteiger charge is -2.57. The van der Waals surface area contributed by atoms with Crippen molar-refractivity contribution >= 4 is 64.2 Å². The molecule has 20 aliphatic rings. The van der Waals surface area contributed by atoms with Gasteiger partial charge in [0.2, 0.25) is 0 Å². The highest BCUT2D eigenvalue weighted by Crippen LogP contribution is 2.73. The van der Waals surface area contributed by atoms with Crippen molar-refractivity contribution in [2.24, 2.45) is 205 Å². The second kappa shape index (κ2) is 43.6. The van der Waals surface area contributed by atoms with Crippen LogP contribution in [-0.4, -0.2) is 167 Å². The van der Waals surface area contributed by atoms with Gasteiger partial charge in [-0.05, 0) is 506 Å². The first-order chi connectivity index (χ1) is 67.0. The molecule has 5 N–H and O–H groups in total. The predicted octanol–water partition coefficient (Wildman–Crippen LogP) is 25.4. The van der Waals surface area contributed by atoms with Gasteiger partial charge in [0, 0.05) is 75.2 Å². The maximum Gasteiger partial charge on any atom is 0.266 e. The zero-order valence-electron chi connectivity index (χ0n) is 87.6. The van der Waals surface area contributed by atoms with E-state index in [2.05, 4.69) is 90.6 Å². The van der Waals surface area contributed by atoms with Crippen molar-refractivity contribution in [3.63, 3.8) is 0 Å². The number of hydrogen-bond donors (Lipinski definition) is 5. The first-order valence-electron chi connectivity index (χ1n) is 56.9. The monoisotopic (exact) mass is 2020 g/mol. The average Bonchev–Trinajstić information content (AvgIpc) is 1.52. The van der Waals surface area contributed by atoms with Crippen molar-refractivity contribution in [2.45, 2.75) is 371 Å². The standard InChI is InChI=1S/C26H40N2O2.C25H37FN2O.C23H33ClO2S.C23H38O3S.C22H34F2O2S/c1-18(15-28-13-12-27-17-28)23-6-7-24-22-5-4-19-14-26(29,16-30-3)11-9-20(19)21(22)8-10-25(23,24)2;1-17(14-28-12-11-27-16-28)22-5-6-23-21-4-3-18-13-25(29,15-26)10-8-19(18)20(21)7-9-24(22,23)2;1-22-9-7-17-16-8-10-23(26,11-12-24)13-15(16)3-4-18(17)19(22)5-6-20(22)21(25)14-27-2;1-22-10-8-17-16-9-11-23(25,14-26-2)12-15(16)4-5-18(17)19(22)6-7-20(22)21(24)13-27-3;1-21-9-7-15-14-8-10-22(26,20(23)24)11-13(14)3-4-16(15)17(21)5-6-18(21)19(25)12-27-2/h12-13,17,19-24,29H,1,4-11,14-16H2,2-3H3;11-12,16,18-23,29H,1,3-10,13-15H2,2H3;15-20,26H,3-10,13-14H2,1-2H3;15-20,25H,4-14H2,1-3H3;13-18,20,26H,3-12H2,1-2H3/t19-,20-,21+,22+,23+,24-,25+,26-;18-,19-,20+,21+,22+,23-,24+,25-;15-,16-,17+,18+,19-,20+,22-,23+;15-,16-,17+,18+,19-,20+,22-,23-;13-,14-,15+,16+,17-,18+,21-,22-/m00000/s1. The number of ether oxygens (including phenoxy) is 2. The van der Waals surface area contributed by atoms with Crippen molar-refractivity contribution < 1.29 is 62.6 Å². The number of allylic oxidation sites excluding steroid dienone is 2. The molecule has 2 aromatic rings. The fourth-order valence-corrected chi connectivity index (χ4v) is 42.7. The minimum atomic E-state index is -2.62. The molecular formula is C119H182ClF3N4O10S3. The number of rotatable bonds is 21. The molecule has 0 bridgehead atoms. The predicted molar refractivity (Wildman–Crippen MR) is 560 cm³/mol. The number of nitrogens with zero attached hydrogens (tertiary/aromatic N) is 4. The number of aliphatic hydroxyl groups is 5. The van der Waals surface area contributed by atoms with Crippen LogP contribution < -0.4 is 0 Å². The third-order valence-corrected chi connectivity index (χ3v) is 48.8. The number of aromatic nitrogens is 4. The molecule has 22 rings (SSSR count). The van der Waals surface area contributed by atoms with Crippen LogP contribution in [-0.2, 0) is 36.9 Å². The van der Waals surface area contributed by atoms with E-state index in [9.17, 15) is 53.1 Å². The van der Waals surface area contributed by atoms with Gasteiger partial charge < -0.3 is 44.1 Å². The smallest absolute Gasteiger partial charge is 0.266 e. The van der Waals surface area contributed by atoms with Gasteiger partial charge in [0.05, 0.1) is 59.9 Å². The highest BCUT2D eigenvalue weighted by molar-refractivity contribution is 7.99. The number of imidazole rings is 2. The number of thioether (sulfide) groups is 3. The van der Waals surface area contributed by atoms with Crippen LogP contribution in [0.2, 0.25) is 0 Å². The SMILES string of the molecule is C=C(Cn1ccnc1)[C@H]1CC[C@H]2[C@@H]3CC[C@H]4C[C@](O)(CF)CC[C@@H]4[C@H]3CC[C@]12C.C=C(Cn1ccnc1)[C@H]1CC[C@H]2[C@@H]3CC[C@H]4C[C@](O)(COC)CC[C@@H]4[C@H]3CC[C@]12C.COC[C@]1(O)CC[C@H]2[C@@H](CC[C@@H]3[C@@H]2CC[C@]2(C)[C@@H](C(=O)CSC)CC[C@@H]32)C1.CSCC(=O)[C@H]1CC[C@H]2[C@@H]3CC[C@H]4C[C@](O)(C#CCl)CC[C@@H]4[C@H]3CC[C@]12C.CSCC(=O)[C@H]1CC[C@H]2[C@@H]3CC[C@H]4C[C@](O)(C(F)F)CC[C@@H]4[C@H]3CC[C@]12C. The summed E-state index contributed by atoms with van der Waals surface area (Å²) in [7, 11) is 3.43. The molecule has 20 saturated carbocycles. The number of carbonyl (C=O) groups is 3. The average molecular weight is 2020 g/mol. The van der Waals surface area contributed by atoms with Crippen molar-refractivity contribution in [3.05, 3.63) is 61.7 Å². The maximum absolute atomic E-state index is 13.4. The Balaban J connectivity index is 0.000000116.